The van der Waals surface area contributed by atoms with Gasteiger partial charge in [-0.3, -0.25) is 14.4 Å². The number of hydrazine groups is 2. The molecule has 2 atom stereocenters. The molecule has 0 aliphatic rings. The van der Waals surface area contributed by atoms with Crippen LogP contribution in [0.4, 0.5) is 0 Å². The molecule has 0 saturated carbocycles. The number of carboxylic acids is 2. The molecule has 266 valence electrons. The minimum atomic E-state index is -1.11. The van der Waals surface area contributed by atoms with Gasteiger partial charge in [0.1, 0.15) is 12.1 Å². The van der Waals surface area contributed by atoms with Crippen molar-refractivity contribution in [1.82, 2.24) is 15.6 Å². The van der Waals surface area contributed by atoms with Gasteiger partial charge < -0.3 is 21.7 Å². The van der Waals surface area contributed by atoms with E-state index in [0.717, 1.165) is 38.5 Å². The number of nitrogens with zero attached hydrogens (tertiary/aromatic N) is 2. The number of carbonyl (C=O) groups excluding carboxylic acids is 1. The van der Waals surface area contributed by atoms with E-state index in [2.05, 4.69) is 19.3 Å². The number of aliphatic carboxylic acids is 2. The highest BCUT2D eigenvalue weighted by molar-refractivity contribution is 5.77. The lowest BCUT2D eigenvalue weighted by atomic mass is 10.1. The van der Waals surface area contributed by atoms with Crippen LogP contribution in [0.1, 0.15) is 174 Å². The summed E-state index contributed by atoms with van der Waals surface area (Å²) in [7, 11) is 0. The van der Waals surface area contributed by atoms with E-state index in [0.29, 0.717) is 38.9 Å². The first-order valence-electron chi connectivity index (χ1n) is 18.5. The summed E-state index contributed by atoms with van der Waals surface area (Å²) in [6.45, 7) is 6.18. The van der Waals surface area contributed by atoms with E-state index in [1.54, 1.807) is 0 Å². The van der Waals surface area contributed by atoms with E-state index in [4.69, 9.17) is 11.5 Å². The molecule has 10 heteroatoms. The van der Waals surface area contributed by atoms with Crippen LogP contribution < -0.4 is 16.9 Å². The topological polar surface area (TPSA) is 162 Å². The van der Waals surface area contributed by atoms with Gasteiger partial charge in [-0.05, 0) is 45.1 Å². The molecule has 0 aromatic heterocycles. The van der Waals surface area contributed by atoms with E-state index < -0.39 is 29.9 Å². The Hall–Kier alpha value is -1.75. The largest absolute Gasteiger partial charge is 0.480 e. The molecule has 10 nitrogen and oxygen atoms in total. The molecular weight excluding hydrogens is 570 g/mol. The summed E-state index contributed by atoms with van der Waals surface area (Å²) in [4.78, 5) is 36.4. The number of unbranched alkanes of at least 4 members (excludes halogenated alkanes) is 19. The average Bonchev–Trinajstić information content (AvgIpc) is 3.00. The molecule has 0 aromatic carbocycles. The average molecular weight is 642 g/mol. The maximum Gasteiger partial charge on any atom is 0.323 e. The molecule has 0 fully saturated rings. The first-order chi connectivity index (χ1) is 21.8. The lowest BCUT2D eigenvalue weighted by Gasteiger charge is -2.40. The highest BCUT2D eigenvalue weighted by Crippen LogP contribution is 2.17. The van der Waals surface area contributed by atoms with Gasteiger partial charge in [0.15, 0.2) is 0 Å². The molecule has 0 radical (unpaired) electrons. The summed E-state index contributed by atoms with van der Waals surface area (Å²) in [5, 5.41) is 23.8. The van der Waals surface area contributed by atoms with Crippen molar-refractivity contribution in [3.05, 3.63) is 0 Å². The van der Waals surface area contributed by atoms with Gasteiger partial charge in [0.25, 0.3) is 0 Å². The Balaban J connectivity index is 5.46. The quantitative estimate of drug-likeness (QED) is 0.0357. The maximum absolute atomic E-state index is 12.5. The van der Waals surface area contributed by atoms with Crippen molar-refractivity contribution in [2.24, 2.45) is 11.5 Å². The van der Waals surface area contributed by atoms with Crippen LogP contribution in [0.5, 0.6) is 0 Å². The van der Waals surface area contributed by atoms with Crippen LogP contribution in [-0.2, 0) is 14.4 Å². The molecular formula is C35H71N5O5. The summed E-state index contributed by atoms with van der Waals surface area (Å²) >= 11 is 0. The van der Waals surface area contributed by atoms with Crippen molar-refractivity contribution in [2.75, 3.05) is 19.6 Å². The second-order valence-electron chi connectivity index (χ2n) is 12.8. The first kappa shape index (κ1) is 43.2. The number of carbonyl (C=O) groups is 3. The van der Waals surface area contributed by atoms with Crippen molar-refractivity contribution >= 4 is 17.8 Å². The number of nitrogens with one attached hydrogen (secondary N) is 1. The van der Waals surface area contributed by atoms with E-state index >= 15 is 0 Å². The van der Waals surface area contributed by atoms with Crippen LogP contribution in [0, 0.1) is 0 Å². The van der Waals surface area contributed by atoms with Crippen molar-refractivity contribution in [2.45, 2.75) is 186 Å². The fraction of sp³-hybridized carbons (Fsp3) is 0.914. The van der Waals surface area contributed by atoms with Gasteiger partial charge in [-0.1, -0.05) is 129 Å². The zero-order chi connectivity index (χ0) is 33.5. The number of primary amides is 1. The smallest absolute Gasteiger partial charge is 0.323 e. The summed E-state index contributed by atoms with van der Waals surface area (Å²) in [5.41, 5.74) is 14.1. The third kappa shape index (κ3) is 25.1. The summed E-state index contributed by atoms with van der Waals surface area (Å²) in [6.07, 6.45) is 25.5. The van der Waals surface area contributed by atoms with Gasteiger partial charge in [-0.2, -0.15) is 5.12 Å². The summed E-state index contributed by atoms with van der Waals surface area (Å²) in [6, 6.07) is -2.07. The second kappa shape index (κ2) is 30.9. The van der Waals surface area contributed by atoms with Gasteiger partial charge >= 0.3 is 11.9 Å². The Bertz CT molecular complexity index is 703. The number of nitrogens with two attached hydrogens (primary N) is 2. The van der Waals surface area contributed by atoms with Crippen molar-refractivity contribution in [1.29, 1.82) is 0 Å². The molecule has 0 aromatic rings. The first-order valence-corrected chi connectivity index (χ1v) is 18.5. The number of amides is 1. The number of carboxylic acid groups (broad SMARTS) is 2. The monoisotopic (exact) mass is 642 g/mol. The highest BCUT2D eigenvalue weighted by atomic mass is 16.4. The van der Waals surface area contributed by atoms with E-state index in [1.165, 1.54) is 95.0 Å². The van der Waals surface area contributed by atoms with Crippen LogP contribution in [0.15, 0.2) is 0 Å². The molecule has 0 aliphatic carbocycles. The molecule has 1 amide bonds. The fourth-order valence-electron chi connectivity index (χ4n) is 5.78. The van der Waals surface area contributed by atoms with Crippen molar-refractivity contribution < 1.29 is 24.6 Å². The van der Waals surface area contributed by atoms with Crippen LogP contribution in [0.3, 0.4) is 0 Å². The number of hydrogen-bond acceptors (Lipinski definition) is 7. The normalized spacial score (nSPS) is 13.0. The number of rotatable bonds is 35. The Morgan fingerprint density at radius 3 is 1.38 bits per heavy atom. The van der Waals surface area contributed by atoms with Crippen LogP contribution in [0.2, 0.25) is 0 Å². The van der Waals surface area contributed by atoms with Crippen LogP contribution in [0.25, 0.3) is 0 Å². The third-order valence-electron chi connectivity index (χ3n) is 8.62. The Labute approximate surface area is 275 Å². The fourth-order valence-corrected chi connectivity index (χ4v) is 5.78. The maximum atomic E-state index is 12.5. The molecule has 0 aliphatic heterocycles. The lowest BCUT2D eigenvalue weighted by Crippen LogP contribution is -2.62. The predicted molar refractivity (Wildman–Crippen MR) is 184 cm³/mol. The molecule has 0 saturated heterocycles. The minimum absolute atomic E-state index is 0.000627. The van der Waals surface area contributed by atoms with Gasteiger partial charge in [0.2, 0.25) is 5.91 Å². The van der Waals surface area contributed by atoms with Gasteiger partial charge in [0, 0.05) is 19.5 Å². The Kier molecular flexibility index (Phi) is 29.7. The van der Waals surface area contributed by atoms with E-state index in [1.807, 2.05) is 5.01 Å². The highest BCUT2D eigenvalue weighted by Gasteiger charge is 2.33. The zero-order valence-corrected chi connectivity index (χ0v) is 29.1. The molecule has 45 heavy (non-hydrogen) atoms. The minimum Gasteiger partial charge on any atom is -0.480 e. The molecule has 7 N–H and O–H groups in total. The summed E-state index contributed by atoms with van der Waals surface area (Å²) in [5.74, 6) is -2.71. The molecule has 0 bridgehead atoms. The zero-order valence-electron chi connectivity index (χ0n) is 29.1. The Morgan fingerprint density at radius 2 is 1.02 bits per heavy atom. The third-order valence-corrected chi connectivity index (χ3v) is 8.62. The molecule has 0 heterocycles. The van der Waals surface area contributed by atoms with Gasteiger partial charge in [-0.25, -0.2) is 10.4 Å². The van der Waals surface area contributed by atoms with E-state index in [-0.39, 0.29) is 12.8 Å². The van der Waals surface area contributed by atoms with Crippen molar-refractivity contribution in [3.8, 4) is 0 Å². The van der Waals surface area contributed by atoms with Crippen LogP contribution in [-0.4, -0.2) is 69.9 Å². The standard InChI is InChI=1S/C35H71N5O5/c1-3-5-7-9-11-13-15-17-19-23-29-39(30-24-20-18-16-14-12-10-8-6-4-2)40(32(35(44)45)26-27-33(37)41)38-31(34(42)43)25-21-22-28-36/h31-32,38H,3-30,36H2,1-2H3,(H2,37,41)(H,42,43)(H,44,45)/t31-,32-/m0/s1. The Morgan fingerprint density at radius 1 is 0.600 bits per heavy atom. The molecule has 0 rings (SSSR count). The van der Waals surface area contributed by atoms with Gasteiger partial charge in [0.05, 0.1) is 0 Å². The lowest BCUT2D eigenvalue weighted by molar-refractivity contribution is -0.171. The molecule has 0 unspecified atom stereocenters. The second-order valence-corrected chi connectivity index (χ2v) is 12.8. The van der Waals surface area contributed by atoms with Crippen molar-refractivity contribution in [3.63, 3.8) is 0 Å². The van der Waals surface area contributed by atoms with E-state index in [9.17, 15) is 24.6 Å². The van der Waals surface area contributed by atoms with Gasteiger partial charge in [-0.15, -0.1) is 0 Å². The predicted octanol–water partition coefficient (Wildman–Crippen LogP) is 7.15. The van der Waals surface area contributed by atoms with Crippen LogP contribution >= 0.6 is 0 Å². The SMILES string of the molecule is CCCCCCCCCCCCN(CCCCCCCCCCCC)N(N[C@@H](CCCCN)C(=O)O)[C@@H](CCC(N)=O)C(=O)O. The summed E-state index contributed by atoms with van der Waals surface area (Å²) < 4.78 is 0. The molecule has 0 spiro atoms. The number of hydrogen-bond donors (Lipinski definition) is 5.